The van der Waals surface area contributed by atoms with Crippen LogP contribution in [-0.2, 0) is 13.5 Å². The summed E-state index contributed by atoms with van der Waals surface area (Å²) in [5.41, 5.74) is 5.39. The summed E-state index contributed by atoms with van der Waals surface area (Å²) in [7, 11) is 2.03. The maximum absolute atomic E-state index is 8.89. The molecule has 1 saturated heterocycles. The zero-order chi connectivity index (χ0) is 15.5. The fraction of sp³-hybridized carbons (Fsp3) is 0.714. The molecule has 1 aromatic heterocycles. The van der Waals surface area contributed by atoms with Crippen molar-refractivity contribution >= 4 is 5.84 Å². The summed E-state index contributed by atoms with van der Waals surface area (Å²) in [4.78, 5) is 9.06. The Kier molecular flexibility index (Phi) is 4.84. The molecule has 0 aromatic carbocycles. The number of hydrogen-bond acceptors (Lipinski definition) is 5. The first-order valence-corrected chi connectivity index (χ1v) is 7.36. The molecule has 7 heteroatoms. The molecule has 2 heterocycles. The van der Waals surface area contributed by atoms with Crippen molar-refractivity contribution in [3.05, 3.63) is 18.2 Å². The predicted molar refractivity (Wildman–Crippen MR) is 82.4 cm³/mol. The van der Waals surface area contributed by atoms with Gasteiger partial charge >= 0.3 is 0 Å². The molecule has 1 fully saturated rings. The summed E-state index contributed by atoms with van der Waals surface area (Å²) in [6, 6.07) is 0. The number of oxime groups is 1. The van der Waals surface area contributed by atoms with E-state index in [9.17, 15) is 0 Å². The third kappa shape index (κ3) is 3.54. The van der Waals surface area contributed by atoms with E-state index >= 15 is 0 Å². The maximum Gasteiger partial charge on any atom is 0.159 e. The number of nitrogens with zero attached hydrogens (tertiary/aromatic N) is 5. The van der Waals surface area contributed by atoms with Gasteiger partial charge in [-0.25, -0.2) is 4.98 Å². The Labute approximate surface area is 126 Å². The van der Waals surface area contributed by atoms with Gasteiger partial charge < -0.3 is 20.4 Å². The Balaban J connectivity index is 1.82. The van der Waals surface area contributed by atoms with Crippen LogP contribution in [-0.4, -0.2) is 68.7 Å². The lowest BCUT2D eigenvalue weighted by Crippen LogP contribution is -2.59. The summed E-state index contributed by atoms with van der Waals surface area (Å²) in [5, 5.41) is 12.0. The number of nitrogens with two attached hydrogens (primary N) is 1. The zero-order valence-electron chi connectivity index (χ0n) is 13.2. The molecule has 118 valence electrons. The molecule has 1 aliphatic rings. The standard InChI is InChI=1S/C14H26N6O/c1-14(2,13(15)17-21)20-10-8-19(9-11-20)6-4-12-16-5-7-18(12)3/h5,7,21H,4,6,8-11H2,1-3H3,(H2,15,17). The number of imidazole rings is 1. The smallest absolute Gasteiger partial charge is 0.159 e. The van der Waals surface area contributed by atoms with E-state index in [1.165, 1.54) is 0 Å². The van der Waals surface area contributed by atoms with Crippen LogP contribution in [0.5, 0.6) is 0 Å². The fourth-order valence-corrected chi connectivity index (χ4v) is 2.71. The van der Waals surface area contributed by atoms with E-state index in [1.54, 1.807) is 0 Å². The van der Waals surface area contributed by atoms with Crippen molar-refractivity contribution in [1.29, 1.82) is 0 Å². The molecule has 0 atom stereocenters. The molecule has 0 saturated carbocycles. The van der Waals surface area contributed by atoms with E-state index in [0.29, 0.717) is 0 Å². The van der Waals surface area contributed by atoms with Crippen molar-refractivity contribution < 1.29 is 5.21 Å². The van der Waals surface area contributed by atoms with Crippen molar-refractivity contribution in [2.24, 2.45) is 17.9 Å². The molecular weight excluding hydrogens is 268 g/mol. The van der Waals surface area contributed by atoms with Crippen molar-refractivity contribution in [3.63, 3.8) is 0 Å². The van der Waals surface area contributed by atoms with Crippen LogP contribution in [0.1, 0.15) is 19.7 Å². The van der Waals surface area contributed by atoms with Crippen LogP contribution in [0, 0.1) is 0 Å². The third-order valence-corrected chi connectivity index (χ3v) is 4.47. The number of piperazine rings is 1. The van der Waals surface area contributed by atoms with E-state index in [1.807, 2.05) is 33.3 Å². The van der Waals surface area contributed by atoms with Crippen LogP contribution < -0.4 is 5.73 Å². The van der Waals surface area contributed by atoms with E-state index in [-0.39, 0.29) is 5.84 Å². The topological polar surface area (TPSA) is 82.9 Å². The first-order chi connectivity index (χ1) is 9.95. The molecule has 1 aliphatic heterocycles. The molecule has 1 aromatic rings. The number of hydrogen-bond donors (Lipinski definition) is 2. The predicted octanol–water partition coefficient (Wildman–Crippen LogP) is 0.105. The largest absolute Gasteiger partial charge is 0.409 e. The Morgan fingerprint density at radius 2 is 2.05 bits per heavy atom. The van der Waals surface area contributed by atoms with E-state index < -0.39 is 5.54 Å². The number of aromatic nitrogens is 2. The molecule has 0 radical (unpaired) electrons. The van der Waals surface area contributed by atoms with Crippen LogP contribution >= 0.6 is 0 Å². The average Bonchev–Trinajstić information content (AvgIpc) is 2.90. The van der Waals surface area contributed by atoms with Crippen LogP contribution in [0.25, 0.3) is 0 Å². The van der Waals surface area contributed by atoms with Gasteiger partial charge in [0.2, 0.25) is 0 Å². The van der Waals surface area contributed by atoms with Crippen LogP contribution in [0.3, 0.4) is 0 Å². The average molecular weight is 294 g/mol. The molecular formula is C14H26N6O. The minimum atomic E-state index is -0.402. The lowest BCUT2D eigenvalue weighted by molar-refractivity contribution is 0.0834. The van der Waals surface area contributed by atoms with Crippen LogP contribution in [0.4, 0.5) is 0 Å². The molecule has 3 N–H and O–H groups in total. The Hall–Kier alpha value is -1.60. The van der Waals surface area contributed by atoms with Gasteiger partial charge in [-0.15, -0.1) is 0 Å². The fourth-order valence-electron chi connectivity index (χ4n) is 2.71. The lowest BCUT2D eigenvalue weighted by Gasteiger charge is -2.43. The number of aryl methyl sites for hydroxylation is 1. The van der Waals surface area contributed by atoms with Gasteiger partial charge in [0.15, 0.2) is 5.84 Å². The lowest BCUT2D eigenvalue weighted by atomic mass is 10.0. The summed E-state index contributed by atoms with van der Waals surface area (Å²) < 4.78 is 2.07. The van der Waals surface area contributed by atoms with Crippen molar-refractivity contribution in [3.8, 4) is 0 Å². The van der Waals surface area contributed by atoms with Crippen LogP contribution in [0.2, 0.25) is 0 Å². The van der Waals surface area contributed by atoms with E-state index in [0.717, 1.165) is 45.0 Å². The number of amidine groups is 1. The van der Waals surface area contributed by atoms with Gasteiger partial charge in [0.1, 0.15) is 5.82 Å². The highest BCUT2D eigenvalue weighted by molar-refractivity contribution is 5.88. The molecule has 21 heavy (non-hydrogen) atoms. The highest BCUT2D eigenvalue weighted by atomic mass is 16.4. The molecule has 0 aliphatic carbocycles. The summed E-state index contributed by atoms with van der Waals surface area (Å²) in [5.74, 6) is 1.39. The molecule has 2 rings (SSSR count). The Morgan fingerprint density at radius 3 is 2.57 bits per heavy atom. The Morgan fingerprint density at radius 1 is 1.38 bits per heavy atom. The van der Waals surface area contributed by atoms with Crippen LogP contribution in [0.15, 0.2) is 17.5 Å². The second-order valence-corrected chi connectivity index (χ2v) is 6.08. The highest BCUT2D eigenvalue weighted by Crippen LogP contribution is 2.17. The van der Waals surface area contributed by atoms with Gasteiger partial charge in [0, 0.05) is 58.6 Å². The zero-order valence-corrected chi connectivity index (χ0v) is 13.2. The third-order valence-electron chi connectivity index (χ3n) is 4.47. The maximum atomic E-state index is 8.89. The van der Waals surface area contributed by atoms with Crippen molar-refractivity contribution in [1.82, 2.24) is 19.4 Å². The number of rotatable bonds is 5. The van der Waals surface area contributed by atoms with Gasteiger partial charge in [-0.2, -0.15) is 0 Å². The van der Waals surface area contributed by atoms with Gasteiger partial charge in [0.05, 0.1) is 5.54 Å². The molecule has 7 nitrogen and oxygen atoms in total. The van der Waals surface area contributed by atoms with Gasteiger partial charge in [-0.1, -0.05) is 5.16 Å². The molecule has 0 amide bonds. The van der Waals surface area contributed by atoms with Gasteiger partial charge in [-0.05, 0) is 13.8 Å². The van der Waals surface area contributed by atoms with E-state index in [4.69, 9.17) is 10.9 Å². The first kappa shape index (κ1) is 15.8. The van der Waals surface area contributed by atoms with Crippen molar-refractivity contribution in [2.45, 2.75) is 25.8 Å². The van der Waals surface area contributed by atoms with E-state index in [2.05, 4.69) is 24.5 Å². The molecule has 0 spiro atoms. The minimum absolute atomic E-state index is 0.268. The summed E-state index contributed by atoms with van der Waals surface area (Å²) in [6.07, 6.45) is 4.78. The second-order valence-electron chi connectivity index (χ2n) is 6.08. The second kappa shape index (κ2) is 6.44. The normalized spacial score (nSPS) is 19.1. The highest BCUT2D eigenvalue weighted by Gasteiger charge is 2.33. The molecule has 0 unspecified atom stereocenters. The monoisotopic (exact) mass is 294 g/mol. The van der Waals surface area contributed by atoms with Gasteiger partial charge in [0.25, 0.3) is 0 Å². The quantitative estimate of drug-likeness (QED) is 0.348. The summed E-state index contributed by atoms with van der Waals surface area (Å²) in [6.45, 7) is 8.83. The first-order valence-electron chi connectivity index (χ1n) is 7.36. The minimum Gasteiger partial charge on any atom is -0.409 e. The summed E-state index contributed by atoms with van der Waals surface area (Å²) >= 11 is 0. The van der Waals surface area contributed by atoms with Crippen molar-refractivity contribution in [2.75, 3.05) is 32.7 Å². The SMILES string of the molecule is Cn1ccnc1CCN1CCN(C(C)(C)/C(N)=N/O)CC1. The Bertz CT molecular complexity index is 487. The molecule has 0 bridgehead atoms. The van der Waals surface area contributed by atoms with Gasteiger partial charge in [-0.3, -0.25) is 4.90 Å².